The van der Waals surface area contributed by atoms with Crippen molar-refractivity contribution in [2.45, 2.75) is 52.9 Å². The number of allylic oxidation sites excluding steroid dienone is 2. The van der Waals surface area contributed by atoms with E-state index in [1.807, 2.05) is 13.8 Å². The van der Waals surface area contributed by atoms with Crippen molar-refractivity contribution in [3.05, 3.63) is 12.2 Å². The maximum atomic E-state index is 10.6. The maximum Gasteiger partial charge on any atom is 0.125 e. The van der Waals surface area contributed by atoms with Crippen molar-refractivity contribution in [3.63, 3.8) is 0 Å². The Morgan fingerprint density at radius 1 is 1.15 bits per heavy atom. The Morgan fingerprint density at radius 3 is 2.38 bits per heavy atom. The van der Waals surface area contributed by atoms with Crippen LogP contribution in [0.5, 0.6) is 0 Å². The molecule has 0 aliphatic rings. The molecule has 0 saturated carbocycles. The van der Waals surface area contributed by atoms with Gasteiger partial charge in [0, 0.05) is 5.41 Å². The summed E-state index contributed by atoms with van der Waals surface area (Å²) in [5, 5.41) is 0. The standard InChI is InChI=1S/C12H22O/c1-4-5-6-7-8-9-10-12(2,3)11-13/h8-9,11H,4-7,10H2,1-3H3/b9-8+. The van der Waals surface area contributed by atoms with Crippen LogP contribution in [0.15, 0.2) is 12.2 Å². The van der Waals surface area contributed by atoms with Crippen LogP contribution in [-0.2, 0) is 4.79 Å². The number of carbonyl (C=O) groups is 1. The summed E-state index contributed by atoms with van der Waals surface area (Å²) < 4.78 is 0. The highest BCUT2D eigenvalue weighted by Gasteiger charge is 2.13. The average molecular weight is 182 g/mol. The summed E-state index contributed by atoms with van der Waals surface area (Å²) in [4.78, 5) is 10.6. The fraction of sp³-hybridized carbons (Fsp3) is 0.750. The maximum absolute atomic E-state index is 10.6. The van der Waals surface area contributed by atoms with Crippen molar-refractivity contribution in [3.8, 4) is 0 Å². The van der Waals surface area contributed by atoms with Crippen LogP contribution >= 0.6 is 0 Å². The summed E-state index contributed by atoms with van der Waals surface area (Å²) in [5.41, 5.74) is -0.179. The van der Waals surface area contributed by atoms with Crippen molar-refractivity contribution in [1.82, 2.24) is 0 Å². The third-order valence-electron chi connectivity index (χ3n) is 2.10. The fourth-order valence-corrected chi connectivity index (χ4v) is 1.07. The molecule has 0 saturated heterocycles. The van der Waals surface area contributed by atoms with Gasteiger partial charge >= 0.3 is 0 Å². The Balaban J connectivity index is 3.46. The van der Waals surface area contributed by atoms with E-state index >= 15 is 0 Å². The van der Waals surface area contributed by atoms with E-state index in [0.717, 1.165) is 19.1 Å². The minimum absolute atomic E-state index is 0.179. The van der Waals surface area contributed by atoms with Crippen LogP contribution in [0.2, 0.25) is 0 Å². The van der Waals surface area contributed by atoms with Gasteiger partial charge in [-0.1, -0.05) is 45.8 Å². The Labute approximate surface area is 82.2 Å². The van der Waals surface area contributed by atoms with Gasteiger partial charge in [0.05, 0.1) is 0 Å². The predicted molar refractivity (Wildman–Crippen MR) is 57.7 cm³/mol. The quantitative estimate of drug-likeness (QED) is 0.333. The van der Waals surface area contributed by atoms with Crippen molar-refractivity contribution in [1.29, 1.82) is 0 Å². The van der Waals surface area contributed by atoms with Crippen molar-refractivity contribution < 1.29 is 4.79 Å². The second-order valence-corrected chi connectivity index (χ2v) is 4.28. The molecule has 0 bridgehead atoms. The summed E-state index contributed by atoms with van der Waals surface area (Å²) in [6.45, 7) is 6.14. The average Bonchev–Trinajstić information content (AvgIpc) is 2.11. The van der Waals surface area contributed by atoms with Crippen LogP contribution in [0.1, 0.15) is 52.9 Å². The van der Waals surface area contributed by atoms with E-state index < -0.39 is 0 Å². The molecule has 0 amide bonds. The first-order valence-electron chi connectivity index (χ1n) is 5.23. The first-order valence-corrected chi connectivity index (χ1v) is 5.23. The largest absolute Gasteiger partial charge is 0.303 e. The summed E-state index contributed by atoms with van der Waals surface area (Å²) in [7, 11) is 0. The topological polar surface area (TPSA) is 17.1 Å². The lowest BCUT2D eigenvalue weighted by molar-refractivity contribution is -0.114. The molecule has 1 heteroatoms. The van der Waals surface area contributed by atoms with Gasteiger partial charge in [-0.05, 0) is 19.3 Å². The van der Waals surface area contributed by atoms with Crippen LogP contribution in [0.4, 0.5) is 0 Å². The highest BCUT2D eigenvalue weighted by atomic mass is 16.1. The van der Waals surface area contributed by atoms with E-state index in [0.29, 0.717) is 0 Å². The Morgan fingerprint density at radius 2 is 1.85 bits per heavy atom. The highest BCUT2D eigenvalue weighted by molar-refractivity contribution is 5.58. The number of rotatable bonds is 7. The van der Waals surface area contributed by atoms with Crippen LogP contribution in [-0.4, -0.2) is 6.29 Å². The third-order valence-corrected chi connectivity index (χ3v) is 2.10. The van der Waals surface area contributed by atoms with E-state index in [9.17, 15) is 4.79 Å². The first kappa shape index (κ1) is 12.4. The van der Waals surface area contributed by atoms with Gasteiger partial charge < -0.3 is 4.79 Å². The number of hydrogen-bond acceptors (Lipinski definition) is 1. The molecule has 0 aliphatic heterocycles. The van der Waals surface area contributed by atoms with Crippen molar-refractivity contribution >= 4 is 6.29 Å². The number of unbranched alkanes of at least 4 members (excludes halogenated alkanes) is 3. The molecule has 0 spiro atoms. The molecule has 0 fully saturated rings. The Bertz CT molecular complexity index is 157. The zero-order valence-electron chi connectivity index (χ0n) is 9.18. The lowest BCUT2D eigenvalue weighted by Gasteiger charge is -2.12. The van der Waals surface area contributed by atoms with Gasteiger partial charge in [0.2, 0.25) is 0 Å². The molecule has 0 heterocycles. The van der Waals surface area contributed by atoms with E-state index in [-0.39, 0.29) is 5.41 Å². The minimum Gasteiger partial charge on any atom is -0.303 e. The van der Waals surface area contributed by atoms with Crippen LogP contribution in [0.3, 0.4) is 0 Å². The van der Waals surface area contributed by atoms with Crippen molar-refractivity contribution in [2.24, 2.45) is 5.41 Å². The summed E-state index contributed by atoms with van der Waals surface area (Å²) >= 11 is 0. The van der Waals surface area contributed by atoms with Gasteiger partial charge in [0.15, 0.2) is 0 Å². The summed E-state index contributed by atoms with van der Waals surface area (Å²) in [5.74, 6) is 0. The Hall–Kier alpha value is -0.590. The Kier molecular flexibility index (Phi) is 6.56. The van der Waals surface area contributed by atoms with E-state index in [2.05, 4.69) is 19.1 Å². The zero-order chi connectivity index (χ0) is 10.2. The molecule has 0 aliphatic carbocycles. The lowest BCUT2D eigenvalue weighted by atomic mass is 9.91. The van der Waals surface area contributed by atoms with Gasteiger partial charge in [0.1, 0.15) is 6.29 Å². The molecule has 0 aromatic carbocycles. The summed E-state index contributed by atoms with van der Waals surface area (Å²) in [6, 6.07) is 0. The monoisotopic (exact) mass is 182 g/mol. The predicted octanol–water partition coefficient (Wildman–Crippen LogP) is 3.74. The molecule has 0 atom stereocenters. The van der Waals surface area contributed by atoms with E-state index in [1.54, 1.807) is 0 Å². The molecular formula is C12H22O. The van der Waals surface area contributed by atoms with Gasteiger partial charge in [-0.2, -0.15) is 0 Å². The second-order valence-electron chi connectivity index (χ2n) is 4.28. The third kappa shape index (κ3) is 7.76. The molecule has 76 valence electrons. The second kappa shape index (κ2) is 6.88. The molecule has 0 N–H and O–H groups in total. The van der Waals surface area contributed by atoms with E-state index in [1.165, 1.54) is 19.3 Å². The lowest BCUT2D eigenvalue weighted by Crippen LogP contribution is -2.10. The van der Waals surface area contributed by atoms with Crippen LogP contribution in [0.25, 0.3) is 0 Å². The highest BCUT2D eigenvalue weighted by Crippen LogP contribution is 2.17. The minimum atomic E-state index is -0.179. The zero-order valence-corrected chi connectivity index (χ0v) is 9.18. The fourth-order valence-electron chi connectivity index (χ4n) is 1.07. The van der Waals surface area contributed by atoms with Crippen LogP contribution in [0, 0.1) is 5.41 Å². The van der Waals surface area contributed by atoms with Gasteiger partial charge in [-0.15, -0.1) is 0 Å². The molecule has 0 rings (SSSR count). The smallest absolute Gasteiger partial charge is 0.125 e. The molecular weight excluding hydrogens is 160 g/mol. The number of aldehydes is 1. The van der Waals surface area contributed by atoms with Crippen LogP contribution < -0.4 is 0 Å². The molecule has 0 unspecified atom stereocenters. The van der Waals surface area contributed by atoms with Gasteiger partial charge in [-0.3, -0.25) is 0 Å². The number of carbonyl (C=O) groups excluding carboxylic acids is 1. The van der Waals surface area contributed by atoms with Gasteiger partial charge in [0.25, 0.3) is 0 Å². The van der Waals surface area contributed by atoms with E-state index in [4.69, 9.17) is 0 Å². The molecule has 0 radical (unpaired) electrons. The number of hydrogen-bond donors (Lipinski definition) is 0. The molecule has 13 heavy (non-hydrogen) atoms. The van der Waals surface area contributed by atoms with Crippen molar-refractivity contribution in [2.75, 3.05) is 0 Å². The molecule has 0 aromatic rings. The SMILES string of the molecule is CCCCC/C=C/CC(C)(C)C=O. The summed E-state index contributed by atoms with van der Waals surface area (Å²) in [6.07, 6.45) is 11.2. The first-order chi connectivity index (χ1) is 6.12. The normalized spacial score (nSPS) is 12.2. The molecule has 0 aromatic heterocycles. The van der Waals surface area contributed by atoms with Gasteiger partial charge in [-0.25, -0.2) is 0 Å². The molecule has 1 nitrogen and oxygen atoms in total.